The molecule has 0 amide bonds. The monoisotopic (exact) mass is 190 g/mol. The van der Waals surface area contributed by atoms with Crippen molar-refractivity contribution in [2.75, 3.05) is 19.6 Å². The number of hydrogen-bond donors (Lipinski definition) is 2. The highest BCUT2D eigenvalue weighted by Gasteiger charge is 2.25. The van der Waals surface area contributed by atoms with Crippen molar-refractivity contribution in [2.24, 2.45) is 5.92 Å². The minimum absolute atomic E-state index is 0. The predicted molar refractivity (Wildman–Crippen MR) is 53.9 cm³/mol. The van der Waals surface area contributed by atoms with Crippen LogP contribution in [0.1, 0.15) is 25.7 Å². The van der Waals surface area contributed by atoms with Gasteiger partial charge in [0.05, 0.1) is 0 Å². The summed E-state index contributed by atoms with van der Waals surface area (Å²) in [6.07, 6.45) is 5.61. The fourth-order valence-electron chi connectivity index (χ4n) is 2.34. The Morgan fingerprint density at radius 3 is 2.42 bits per heavy atom. The first-order valence-electron chi connectivity index (χ1n) is 4.91. The molecule has 2 unspecified atom stereocenters. The molecule has 2 N–H and O–H groups in total. The maximum absolute atomic E-state index is 3.59. The zero-order valence-electron chi connectivity index (χ0n) is 7.51. The third-order valence-corrected chi connectivity index (χ3v) is 3.00. The summed E-state index contributed by atoms with van der Waals surface area (Å²) in [5.74, 6) is 0.922. The fraction of sp³-hybridized carbons (Fsp3) is 1.00. The lowest BCUT2D eigenvalue weighted by Gasteiger charge is -2.28. The van der Waals surface area contributed by atoms with Crippen LogP contribution in [-0.4, -0.2) is 25.7 Å². The largest absolute Gasteiger partial charge is 0.316 e. The lowest BCUT2D eigenvalue weighted by molar-refractivity contribution is 0.304. The second-order valence-corrected chi connectivity index (χ2v) is 3.81. The highest BCUT2D eigenvalue weighted by molar-refractivity contribution is 5.85. The van der Waals surface area contributed by atoms with Gasteiger partial charge in [0.15, 0.2) is 0 Å². The first kappa shape index (κ1) is 10.3. The van der Waals surface area contributed by atoms with Crippen LogP contribution in [0.2, 0.25) is 0 Å². The molecule has 0 aromatic carbocycles. The summed E-state index contributed by atoms with van der Waals surface area (Å²) in [6.45, 7) is 3.74. The molecule has 2 rings (SSSR count). The van der Waals surface area contributed by atoms with Crippen molar-refractivity contribution in [1.82, 2.24) is 10.6 Å². The molecule has 0 bridgehead atoms. The zero-order valence-corrected chi connectivity index (χ0v) is 8.33. The molecule has 2 saturated heterocycles. The van der Waals surface area contributed by atoms with E-state index in [0.29, 0.717) is 0 Å². The summed E-state index contributed by atoms with van der Waals surface area (Å²) < 4.78 is 0. The van der Waals surface area contributed by atoms with E-state index in [0.717, 1.165) is 12.0 Å². The van der Waals surface area contributed by atoms with Gasteiger partial charge < -0.3 is 10.6 Å². The summed E-state index contributed by atoms with van der Waals surface area (Å²) in [6, 6.07) is 0.836. The normalized spacial score (nSPS) is 36.0. The maximum Gasteiger partial charge on any atom is 0.0108 e. The van der Waals surface area contributed by atoms with Crippen LogP contribution in [-0.2, 0) is 0 Å². The van der Waals surface area contributed by atoms with Crippen molar-refractivity contribution < 1.29 is 0 Å². The summed E-state index contributed by atoms with van der Waals surface area (Å²) >= 11 is 0. The Morgan fingerprint density at radius 2 is 1.83 bits per heavy atom. The van der Waals surface area contributed by atoms with E-state index in [-0.39, 0.29) is 12.4 Å². The van der Waals surface area contributed by atoms with Crippen LogP contribution in [0.4, 0.5) is 0 Å². The molecule has 2 aliphatic heterocycles. The predicted octanol–water partition coefficient (Wildman–Crippen LogP) is 1.16. The van der Waals surface area contributed by atoms with Gasteiger partial charge in [-0.3, -0.25) is 0 Å². The first-order chi connectivity index (χ1) is 5.47. The minimum Gasteiger partial charge on any atom is -0.316 e. The Bertz CT molecular complexity index is 118. The summed E-state index contributed by atoms with van der Waals surface area (Å²) in [5, 5.41) is 7.06. The molecule has 12 heavy (non-hydrogen) atoms. The average molecular weight is 191 g/mol. The van der Waals surface area contributed by atoms with Crippen LogP contribution in [0.5, 0.6) is 0 Å². The van der Waals surface area contributed by atoms with Gasteiger partial charge in [0.1, 0.15) is 0 Å². The molecule has 3 heteroatoms. The highest BCUT2D eigenvalue weighted by Crippen LogP contribution is 2.20. The number of rotatable bonds is 1. The second-order valence-electron chi connectivity index (χ2n) is 3.81. The average Bonchev–Trinajstić information content (AvgIpc) is 2.58. The van der Waals surface area contributed by atoms with E-state index in [2.05, 4.69) is 10.6 Å². The summed E-state index contributed by atoms with van der Waals surface area (Å²) in [7, 11) is 0. The second kappa shape index (κ2) is 5.05. The van der Waals surface area contributed by atoms with Crippen molar-refractivity contribution in [3.05, 3.63) is 0 Å². The Kier molecular flexibility index (Phi) is 4.33. The van der Waals surface area contributed by atoms with Crippen molar-refractivity contribution in [1.29, 1.82) is 0 Å². The van der Waals surface area contributed by atoms with Gasteiger partial charge in [-0.1, -0.05) is 0 Å². The summed E-state index contributed by atoms with van der Waals surface area (Å²) in [5.41, 5.74) is 0. The number of hydrogen-bond acceptors (Lipinski definition) is 2. The molecule has 0 aromatic heterocycles. The molecule has 0 radical (unpaired) electrons. The lowest BCUT2D eigenvalue weighted by atomic mass is 9.91. The van der Waals surface area contributed by atoms with Crippen LogP contribution in [0, 0.1) is 5.92 Å². The molecule has 72 valence electrons. The van der Waals surface area contributed by atoms with Gasteiger partial charge in [-0.15, -0.1) is 12.4 Å². The molecule has 2 heterocycles. The SMILES string of the molecule is C1CNCC(C2CCCN2)C1.Cl. The third-order valence-electron chi connectivity index (χ3n) is 3.00. The number of nitrogens with one attached hydrogen (secondary N) is 2. The standard InChI is InChI=1S/C9H18N2.ClH/c1-3-8(7-10-5-1)9-4-2-6-11-9;/h8-11H,1-7H2;1H. The van der Waals surface area contributed by atoms with Crippen LogP contribution >= 0.6 is 12.4 Å². The Balaban J connectivity index is 0.000000720. The van der Waals surface area contributed by atoms with Crippen LogP contribution < -0.4 is 10.6 Å². The van der Waals surface area contributed by atoms with E-state index in [4.69, 9.17) is 0 Å². The molecule has 2 fully saturated rings. The Labute approximate surface area is 80.9 Å². The lowest BCUT2D eigenvalue weighted by Crippen LogP contribution is -2.40. The number of piperidine rings is 1. The molecule has 2 aliphatic rings. The van der Waals surface area contributed by atoms with E-state index in [1.54, 1.807) is 0 Å². The molecule has 2 atom stereocenters. The quantitative estimate of drug-likeness (QED) is 0.649. The van der Waals surface area contributed by atoms with Gasteiger partial charge in [-0.25, -0.2) is 0 Å². The van der Waals surface area contributed by atoms with Crippen molar-refractivity contribution in [3.63, 3.8) is 0 Å². The molecular formula is C9H19ClN2. The van der Waals surface area contributed by atoms with Crippen LogP contribution in [0.25, 0.3) is 0 Å². The van der Waals surface area contributed by atoms with Gasteiger partial charge in [-0.05, 0) is 51.2 Å². The summed E-state index contributed by atoms with van der Waals surface area (Å²) in [4.78, 5) is 0. The van der Waals surface area contributed by atoms with Crippen molar-refractivity contribution in [2.45, 2.75) is 31.7 Å². The topological polar surface area (TPSA) is 24.1 Å². The fourth-order valence-corrected chi connectivity index (χ4v) is 2.34. The maximum atomic E-state index is 3.59. The van der Waals surface area contributed by atoms with Crippen molar-refractivity contribution >= 4 is 12.4 Å². The van der Waals surface area contributed by atoms with E-state index < -0.39 is 0 Å². The zero-order chi connectivity index (χ0) is 7.52. The van der Waals surface area contributed by atoms with Gasteiger partial charge >= 0.3 is 0 Å². The van der Waals surface area contributed by atoms with Gasteiger partial charge in [0.25, 0.3) is 0 Å². The van der Waals surface area contributed by atoms with E-state index in [1.165, 1.54) is 45.3 Å². The van der Waals surface area contributed by atoms with Crippen LogP contribution in [0.15, 0.2) is 0 Å². The van der Waals surface area contributed by atoms with Crippen molar-refractivity contribution in [3.8, 4) is 0 Å². The third kappa shape index (κ3) is 2.35. The molecule has 0 aromatic rings. The van der Waals surface area contributed by atoms with E-state index in [9.17, 15) is 0 Å². The minimum atomic E-state index is 0. The van der Waals surface area contributed by atoms with Gasteiger partial charge in [0.2, 0.25) is 0 Å². The number of halogens is 1. The smallest absolute Gasteiger partial charge is 0.0108 e. The molecular weight excluding hydrogens is 172 g/mol. The Hall–Kier alpha value is 0.210. The molecule has 0 aliphatic carbocycles. The van der Waals surface area contributed by atoms with Crippen LogP contribution in [0.3, 0.4) is 0 Å². The molecule has 0 spiro atoms. The Morgan fingerprint density at radius 1 is 1.00 bits per heavy atom. The molecule has 0 saturated carbocycles. The van der Waals surface area contributed by atoms with E-state index in [1.807, 2.05) is 0 Å². The van der Waals surface area contributed by atoms with E-state index >= 15 is 0 Å². The van der Waals surface area contributed by atoms with Gasteiger partial charge in [0, 0.05) is 6.04 Å². The highest BCUT2D eigenvalue weighted by atomic mass is 35.5. The molecule has 2 nitrogen and oxygen atoms in total. The van der Waals surface area contributed by atoms with Gasteiger partial charge in [-0.2, -0.15) is 0 Å². The first-order valence-corrected chi connectivity index (χ1v) is 4.91.